The number of ketones is 1. The summed E-state index contributed by atoms with van der Waals surface area (Å²) in [6, 6.07) is 29.3. The number of hydrogen-bond acceptors (Lipinski definition) is 1. The predicted molar refractivity (Wildman–Crippen MR) is 132 cm³/mol. The van der Waals surface area contributed by atoms with Gasteiger partial charge in [0.05, 0.1) is 11.9 Å². The molecule has 3 nitrogen and oxygen atoms in total. The van der Waals surface area contributed by atoms with Gasteiger partial charge < -0.3 is 9.55 Å². The van der Waals surface area contributed by atoms with Crippen molar-refractivity contribution in [2.75, 3.05) is 0 Å². The second-order valence-corrected chi connectivity index (χ2v) is 8.15. The number of pyridine rings is 1. The van der Waals surface area contributed by atoms with Crippen LogP contribution in [0.25, 0.3) is 22.0 Å². The molecule has 0 radical (unpaired) electrons. The number of benzene rings is 3. The molecule has 0 aliphatic heterocycles. The van der Waals surface area contributed by atoms with Crippen molar-refractivity contribution in [1.29, 1.82) is 0 Å². The van der Waals surface area contributed by atoms with Gasteiger partial charge in [-0.1, -0.05) is 64.1 Å². The van der Waals surface area contributed by atoms with Gasteiger partial charge in [0.15, 0.2) is 5.78 Å². The number of rotatable bonds is 3. The summed E-state index contributed by atoms with van der Waals surface area (Å²) in [4.78, 5) is 15.7. The van der Waals surface area contributed by atoms with Crippen LogP contribution in [0, 0.1) is 14.0 Å². The van der Waals surface area contributed by atoms with Crippen molar-refractivity contribution in [2.24, 2.45) is 0 Å². The van der Waals surface area contributed by atoms with Gasteiger partial charge in [-0.3, -0.25) is 4.79 Å². The van der Waals surface area contributed by atoms with Crippen molar-refractivity contribution >= 4 is 32.5 Å². The fourth-order valence-corrected chi connectivity index (χ4v) is 3.76. The molecule has 0 saturated carbocycles. The molecular formula is C28H21BrIrN2O+. The summed E-state index contributed by atoms with van der Waals surface area (Å²) < 4.78 is 2.87. The number of aromatic nitrogens is 2. The number of fused-ring (bicyclic) bond motifs is 1. The van der Waals surface area contributed by atoms with E-state index in [0.717, 1.165) is 21.3 Å². The fourth-order valence-electron chi connectivity index (χ4n) is 3.49. The molecule has 164 valence electrons. The van der Waals surface area contributed by atoms with E-state index < -0.39 is 0 Å². The Morgan fingerprint density at radius 1 is 0.848 bits per heavy atom. The summed E-state index contributed by atoms with van der Waals surface area (Å²) in [6.45, 7) is 4.10. The minimum atomic E-state index is -0.0394. The molecule has 0 spiro atoms. The van der Waals surface area contributed by atoms with Crippen molar-refractivity contribution in [3.05, 3.63) is 139 Å². The maximum Gasteiger partial charge on any atom is 3.00 e. The van der Waals surface area contributed by atoms with E-state index in [2.05, 4.69) is 71.3 Å². The Hall–Kier alpha value is -3.11. The minimum absolute atomic E-state index is 0. The quantitative estimate of drug-likeness (QED) is 0.129. The van der Waals surface area contributed by atoms with Gasteiger partial charge >= 0.3 is 20.1 Å². The molecule has 0 unspecified atom stereocenters. The van der Waals surface area contributed by atoms with Gasteiger partial charge in [0.2, 0.25) is 0 Å². The van der Waals surface area contributed by atoms with E-state index in [0.29, 0.717) is 11.3 Å². The molecule has 0 atom stereocenters. The van der Waals surface area contributed by atoms with Crippen LogP contribution in [0.5, 0.6) is 0 Å². The first-order valence-electron chi connectivity index (χ1n) is 10.1. The van der Waals surface area contributed by atoms with Crippen LogP contribution in [0.2, 0.25) is 0 Å². The van der Waals surface area contributed by atoms with Crippen LogP contribution in [-0.4, -0.2) is 5.78 Å². The van der Waals surface area contributed by atoms with E-state index in [-0.39, 0.29) is 25.9 Å². The van der Waals surface area contributed by atoms with Gasteiger partial charge in [0.25, 0.3) is 0 Å². The van der Waals surface area contributed by atoms with E-state index in [1.54, 1.807) is 30.5 Å². The Bertz CT molecular complexity index is 1360. The van der Waals surface area contributed by atoms with Crippen LogP contribution in [0.3, 0.4) is 0 Å². The van der Waals surface area contributed by atoms with Gasteiger partial charge in [-0.05, 0) is 41.1 Å². The van der Waals surface area contributed by atoms with Gasteiger partial charge in [-0.15, -0.1) is 17.7 Å². The maximum atomic E-state index is 11.7. The Labute approximate surface area is 216 Å². The molecule has 0 amide bonds. The molecule has 33 heavy (non-hydrogen) atoms. The number of hydrogen-bond donors (Lipinski definition) is 0. The molecule has 5 heteroatoms. The van der Waals surface area contributed by atoms with Crippen molar-refractivity contribution in [2.45, 2.75) is 0 Å². The third kappa shape index (κ3) is 5.63. The standard InChI is InChI=1S/C17H14N.C11H8BrNO.Ir/c1-13-7-3-5-9-15(13)17-16-10-6-4-8-14(16)11-12-18(17)2;12-9-5-3-8(4-6-9)11(14)10-2-1-7-13-10;/h3-12H,1-2H2;1-7H,(H,13,14);/q-1;;+3/p-1. The Morgan fingerprint density at radius 3 is 2.24 bits per heavy atom. The fraction of sp³-hybridized carbons (Fsp3) is 0. The molecule has 2 heterocycles. The molecular weight excluding hydrogens is 652 g/mol. The van der Waals surface area contributed by atoms with Crippen molar-refractivity contribution in [3.63, 3.8) is 0 Å². The van der Waals surface area contributed by atoms with E-state index in [9.17, 15) is 4.79 Å². The van der Waals surface area contributed by atoms with Gasteiger partial charge in [-0.2, -0.15) is 24.8 Å². The normalized spacial score (nSPS) is 10.1. The Kier molecular flexibility index (Phi) is 8.29. The second-order valence-electron chi connectivity index (χ2n) is 7.24. The average molecular weight is 674 g/mol. The third-order valence-electron chi connectivity index (χ3n) is 5.10. The van der Waals surface area contributed by atoms with Gasteiger partial charge in [0, 0.05) is 17.1 Å². The molecule has 0 saturated heterocycles. The molecule has 0 fully saturated rings. The largest absolute Gasteiger partial charge is 3.00 e. The molecule has 0 bridgehead atoms. The van der Waals surface area contributed by atoms with Crippen LogP contribution in [0.4, 0.5) is 0 Å². The van der Waals surface area contributed by atoms with E-state index in [1.165, 1.54) is 10.8 Å². The molecule has 2 aromatic heterocycles. The first-order chi connectivity index (χ1) is 15.5. The summed E-state index contributed by atoms with van der Waals surface area (Å²) in [6.07, 6.45) is 3.61. The van der Waals surface area contributed by atoms with Crippen molar-refractivity contribution < 1.29 is 29.5 Å². The van der Waals surface area contributed by atoms with E-state index >= 15 is 0 Å². The summed E-state index contributed by atoms with van der Waals surface area (Å²) >= 11 is 3.32. The predicted octanol–water partition coefficient (Wildman–Crippen LogP) is 6.25. The second kappa shape index (κ2) is 11.2. The zero-order chi connectivity index (χ0) is 22.5. The van der Waals surface area contributed by atoms with Crippen LogP contribution >= 0.6 is 15.9 Å². The van der Waals surface area contributed by atoms with Crippen LogP contribution in [0.15, 0.2) is 108 Å². The van der Waals surface area contributed by atoms with Crippen molar-refractivity contribution in [3.8, 4) is 11.3 Å². The van der Waals surface area contributed by atoms with Crippen molar-refractivity contribution in [1.82, 2.24) is 4.98 Å². The topological polar surface area (TPSA) is 35.1 Å². The summed E-state index contributed by atoms with van der Waals surface area (Å²) in [5.74, 6) is -0.0394. The third-order valence-corrected chi connectivity index (χ3v) is 5.63. The average Bonchev–Trinajstić information content (AvgIpc) is 3.35. The van der Waals surface area contributed by atoms with Gasteiger partial charge in [0.1, 0.15) is 0 Å². The van der Waals surface area contributed by atoms with Gasteiger partial charge in [-0.25, -0.2) is 0 Å². The Morgan fingerprint density at radius 2 is 1.55 bits per heavy atom. The number of carbonyl (C=O) groups is 1. The number of halogens is 1. The van der Waals surface area contributed by atoms with E-state index in [1.807, 2.05) is 41.1 Å². The summed E-state index contributed by atoms with van der Waals surface area (Å²) in [5.41, 5.74) is 4.41. The molecule has 0 aliphatic carbocycles. The molecule has 3 aromatic carbocycles. The van der Waals surface area contributed by atoms with Crippen LogP contribution in [0.1, 0.15) is 21.6 Å². The smallest absolute Gasteiger partial charge is 0.661 e. The first-order valence-corrected chi connectivity index (χ1v) is 10.9. The van der Waals surface area contributed by atoms with Crippen LogP contribution < -0.4 is 9.55 Å². The summed E-state index contributed by atoms with van der Waals surface area (Å²) in [5, 5.41) is 2.42. The number of nitrogens with zero attached hydrogens (tertiary/aromatic N) is 2. The molecule has 0 N–H and O–H groups in total. The monoisotopic (exact) mass is 673 g/mol. The number of carbonyl (C=O) groups excluding carboxylic acids is 1. The zero-order valence-electron chi connectivity index (χ0n) is 17.7. The maximum absolute atomic E-state index is 11.7. The first kappa shape index (κ1) is 24.5. The molecule has 0 aliphatic rings. The summed E-state index contributed by atoms with van der Waals surface area (Å²) in [7, 11) is 4.08. The van der Waals surface area contributed by atoms with E-state index in [4.69, 9.17) is 0 Å². The molecule has 5 aromatic rings. The Balaban J connectivity index is 0.000000186. The van der Waals surface area contributed by atoms with Crippen LogP contribution in [-0.2, 0) is 20.1 Å². The molecule has 5 rings (SSSR count). The zero-order valence-corrected chi connectivity index (χ0v) is 21.7. The minimum Gasteiger partial charge on any atom is -0.661 e. The SMILES string of the molecule is O=C(c1ccc(Br)cc1)c1ccc[n-]1.[CH2-]c1ccccc1-c1c2ccccc2cc[n+]1[CH2-].[Ir+3].